The van der Waals surface area contributed by atoms with Crippen LogP contribution in [0.2, 0.25) is 0 Å². The van der Waals surface area contributed by atoms with Gasteiger partial charge in [-0.05, 0) is 6.42 Å². The van der Waals surface area contributed by atoms with E-state index in [1.807, 2.05) is 43.3 Å². The van der Waals surface area contributed by atoms with Crippen LogP contribution in [0.5, 0.6) is 0 Å². The van der Waals surface area contributed by atoms with Crippen LogP contribution in [0.1, 0.15) is 34.1 Å². The van der Waals surface area contributed by atoms with Crippen molar-refractivity contribution in [2.45, 2.75) is 13.3 Å². The van der Waals surface area contributed by atoms with Crippen LogP contribution < -0.4 is 0 Å². The van der Waals surface area contributed by atoms with Gasteiger partial charge in [0.05, 0.1) is 13.2 Å². The summed E-state index contributed by atoms with van der Waals surface area (Å²) in [5, 5.41) is 0. The Balaban J connectivity index is 2.01. The molecule has 136 valence electrons. The number of hydrogen-bond acceptors (Lipinski definition) is 4. The smallest absolute Gasteiger partial charge is 0.178 e. The molecule has 3 rings (SSSR count). The van der Waals surface area contributed by atoms with Crippen LogP contribution in [-0.4, -0.2) is 49.3 Å². The van der Waals surface area contributed by atoms with E-state index >= 15 is 0 Å². The second-order valence-corrected chi connectivity index (χ2v) is 6.71. The quantitative estimate of drug-likeness (QED) is 0.566. The van der Waals surface area contributed by atoms with Gasteiger partial charge in [-0.2, -0.15) is 0 Å². The van der Waals surface area contributed by atoms with Crippen molar-refractivity contribution in [3.63, 3.8) is 0 Å². The summed E-state index contributed by atoms with van der Waals surface area (Å²) in [6.45, 7) is 5.12. The maximum atomic E-state index is 13.5. The first-order valence-corrected chi connectivity index (χ1v) is 9.17. The fourth-order valence-corrected chi connectivity index (χ4v) is 3.55. The number of hydrogen-bond donors (Lipinski definition) is 0. The highest BCUT2D eigenvalue weighted by molar-refractivity contribution is 6.20. The molecule has 4 nitrogen and oxygen atoms in total. The van der Waals surface area contributed by atoms with E-state index in [-0.39, 0.29) is 11.6 Å². The topological polar surface area (TPSA) is 46.6 Å². The fraction of sp³-hybridized carbons (Fsp3) is 0.364. The molecule has 1 aliphatic rings. The van der Waals surface area contributed by atoms with Crippen LogP contribution in [-0.2, 0) is 4.74 Å². The average molecular weight is 351 g/mol. The molecule has 1 fully saturated rings. The lowest BCUT2D eigenvalue weighted by Gasteiger charge is -2.37. The highest BCUT2D eigenvalue weighted by Gasteiger charge is 2.46. The number of Topliss-reactive ketones (excluding diaryl/α,β-unsaturated/α-hetero) is 2. The van der Waals surface area contributed by atoms with E-state index in [2.05, 4.69) is 4.90 Å². The summed E-state index contributed by atoms with van der Waals surface area (Å²) in [4.78, 5) is 29.2. The summed E-state index contributed by atoms with van der Waals surface area (Å²) in [7, 11) is 0. The van der Waals surface area contributed by atoms with Crippen LogP contribution in [0.25, 0.3) is 0 Å². The molecule has 26 heavy (non-hydrogen) atoms. The summed E-state index contributed by atoms with van der Waals surface area (Å²) >= 11 is 0. The Hall–Kier alpha value is -2.30. The minimum atomic E-state index is -1.08. The standard InChI is InChI=1S/C22H25NO3/c1-2-22(17-23-13-15-26-16-14-23,20(24)18-9-5-3-6-10-18)21(25)19-11-7-4-8-12-19/h3-12H,2,13-17H2,1H3. The lowest BCUT2D eigenvalue weighted by atomic mass is 9.72. The first-order valence-electron chi connectivity index (χ1n) is 9.17. The zero-order valence-corrected chi connectivity index (χ0v) is 15.2. The highest BCUT2D eigenvalue weighted by atomic mass is 16.5. The van der Waals surface area contributed by atoms with Crippen LogP contribution in [0.4, 0.5) is 0 Å². The summed E-state index contributed by atoms with van der Waals surface area (Å²) in [6, 6.07) is 18.3. The second-order valence-electron chi connectivity index (χ2n) is 6.71. The molecular formula is C22H25NO3. The number of ether oxygens (including phenoxy) is 1. The minimum Gasteiger partial charge on any atom is -0.379 e. The molecule has 0 N–H and O–H groups in total. The van der Waals surface area contributed by atoms with E-state index in [1.54, 1.807) is 24.3 Å². The SMILES string of the molecule is CCC(CN1CCOCC1)(C(=O)c1ccccc1)C(=O)c1ccccc1. The first-order chi connectivity index (χ1) is 12.7. The molecule has 0 spiro atoms. The minimum absolute atomic E-state index is 0.0963. The van der Waals surface area contributed by atoms with E-state index in [0.29, 0.717) is 37.3 Å². The normalized spacial score (nSPS) is 15.6. The molecule has 0 atom stereocenters. The highest BCUT2D eigenvalue weighted by Crippen LogP contribution is 2.33. The molecule has 0 aromatic heterocycles. The Morgan fingerprint density at radius 3 is 1.77 bits per heavy atom. The van der Waals surface area contributed by atoms with Crippen molar-refractivity contribution >= 4 is 11.6 Å². The summed E-state index contributed by atoms with van der Waals surface area (Å²) in [5.74, 6) is -0.193. The van der Waals surface area contributed by atoms with Gasteiger partial charge >= 0.3 is 0 Å². The van der Waals surface area contributed by atoms with Crippen LogP contribution in [0, 0.1) is 5.41 Å². The molecule has 0 unspecified atom stereocenters. The summed E-state index contributed by atoms with van der Waals surface area (Å²) in [6.07, 6.45) is 0.464. The molecular weight excluding hydrogens is 326 g/mol. The maximum absolute atomic E-state index is 13.5. The lowest BCUT2D eigenvalue weighted by molar-refractivity contribution is 0.0163. The van der Waals surface area contributed by atoms with Crippen molar-refractivity contribution in [2.75, 3.05) is 32.8 Å². The Bertz CT molecular complexity index is 685. The Kier molecular flexibility index (Phi) is 5.96. The van der Waals surface area contributed by atoms with Gasteiger partial charge in [0.25, 0.3) is 0 Å². The van der Waals surface area contributed by atoms with Gasteiger partial charge in [-0.3, -0.25) is 14.5 Å². The Labute approximate surface area is 154 Å². The van der Waals surface area contributed by atoms with E-state index < -0.39 is 5.41 Å². The van der Waals surface area contributed by atoms with Crippen molar-refractivity contribution < 1.29 is 14.3 Å². The molecule has 1 saturated heterocycles. The molecule has 0 saturated carbocycles. The fourth-order valence-electron chi connectivity index (χ4n) is 3.55. The average Bonchev–Trinajstić information content (AvgIpc) is 2.73. The van der Waals surface area contributed by atoms with Gasteiger partial charge in [0, 0.05) is 30.8 Å². The number of benzene rings is 2. The number of morpholine rings is 1. The van der Waals surface area contributed by atoms with Gasteiger partial charge in [0.2, 0.25) is 0 Å². The summed E-state index contributed by atoms with van der Waals surface area (Å²) in [5.41, 5.74) is 0.0961. The van der Waals surface area contributed by atoms with Gasteiger partial charge in [0.15, 0.2) is 11.6 Å². The largest absolute Gasteiger partial charge is 0.379 e. The summed E-state index contributed by atoms with van der Waals surface area (Å²) < 4.78 is 5.43. The third-order valence-electron chi connectivity index (χ3n) is 5.14. The monoisotopic (exact) mass is 351 g/mol. The van der Waals surface area contributed by atoms with Gasteiger partial charge < -0.3 is 4.74 Å². The molecule has 1 aliphatic heterocycles. The molecule has 4 heteroatoms. The van der Waals surface area contributed by atoms with E-state index in [4.69, 9.17) is 4.74 Å². The number of ketones is 2. The molecule has 2 aromatic rings. The van der Waals surface area contributed by atoms with Crippen molar-refractivity contribution in [2.24, 2.45) is 5.41 Å². The van der Waals surface area contributed by atoms with Crippen LogP contribution >= 0.6 is 0 Å². The molecule has 0 amide bonds. The first kappa shape index (κ1) is 18.5. The van der Waals surface area contributed by atoms with Gasteiger partial charge in [0.1, 0.15) is 5.41 Å². The molecule has 0 radical (unpaired) electrons. The molecule has 1 heterocycles. The zero-order valence-electron chi connectivity index (χ0n) is 15.2. The lowest BCUT2D eigenvalue weighted by Crippen LogP contribution is -2.51. The number of nitrogens with zero attached hydrogens (tertiary/aromatic N) is 1. The van der Waals surface area contributed by atoms with Gasteiger partial charge in [-0.15, -0.1) is 0 Å². The van der Waals surface area contributed by atoms with Crippen molar-refractivity contribution in [1.82, 2.24) is 4.90 Å². The molecule has 2 aromatic carbocycles. The Morgan fingerprint density at radius 1 is 0.885 bits per heavy atom. The van der Waals surface area contributed by atoms with Crippen LogP contribution in [0.3, 0.4) is 0 Å². The zero-order chi connectivity index (χ0) is 18.4. The predicted octanol–water partition coefficient (Wildman–Crippen LogP) is 3.48. The predicted molar refractivity (Wildman–Crippen MR) is 102 cm³/mol. The number of rotatable bonds is 7. The molecule has 0 bridgehead atoms. The van der Waals surface area contributed by atoms with Gasteiger partial charge in [-0.1, -0.05) is 67.6 Å². The van der Waals surface area contributed by atoms with Crippen molar-refractivity contribution in [3.8, 4) is 0 Å². The van der Waals surface area contributed by atoms with Crippen molar-refractivity contribution in [3.05, 3.63) is 71.8 Å². The number of carbonyl (C=O) groups excluding carboxylic acids is 2. The van der Waals surface area contributed by atoms with E-state index in [0.717, 1.165) is 13.1 Å². The van der Waals surface area contributed by atoms with E-state index in [9.17, 15) is 9.59 Å². The van der Waals surface area contributed by atoms with Crippen molar-refractivity contribution in [1.29, 1.82) is 0 Å². The number of carbonyl (C=O) groups is 2. The molecule has 0 aliphatic carbocycles. The maximum Gasteiger partial charge on any atom is 0.178 e. The third kappa shape index (κ3) is 3.76. The second kappa shape index (κ2) is 8.39. The van der Waals surface area contributed by atoms with Gasteiger partial charge in [-0.25, -0.2) is 0 Å². The Morgan fingerprint density at radius 2 is 1.35 bits per heavy atom. The van der Waals surface area contributed by atoms with Crippen LogP contribution in [0.15, 0.2) is 60.7 Å². The third-order valence-corrected chi connectivity index (χ3v) is 5.14. The van der Waals surface area contributed by atoms with E-state index in [1.165, 1.54) is 0 Å².